The molecule has 7 heteroatoms. The number of aryl methyl sites for hydroxylation is 4. The molecular formula is C23H32N4O2S. The molecule has 0 bridgehead atoms. The lowest BCUT2D eigenvalue weighted by Gasteiger charge is -2.32. The summed E-state index contributed by atoms with van der Waals surface area (Å²) in [6, 6.07) is 4.11. The number of carbonyl (C=O) groups is 2. The van der Waals surface area contributed by atoms with Gasteiger partial charge in [0.2, 0.25) is 11.8 Å². The Morgan fingerprint density at radius 1 is 1.17 bits per heavy atom. The molecule has 30 heavy (non-hydrogen) atoms. The van der Waals surface area contributed by atoms with Crippen molar-refractivity contribution in [2.75, 3.05) is 32.0 Å². The zero-order valence-corrected chi connectivity index (χ0v) is 19.4. The highest BCUT2D eigenvalue weighted by atomic mass is 32.1. The van der Waals surface area contributed by atoms with E-state index in [4.69, 9.17) is 0 Å². The van der Waals surface area contributed by atoms with Crippen LogP contribution in [0, 0.1) is 33.6 Å². The monoisotopic (exact) mass is 428 g/mol. The minimum Gasteiger partial charge on any atom is -0.336 e. The third kappa shape index (κ3) is 5.67. The van der Waals surface area contributed by atoms with E-state index in [0.29, 0.717) is 0 Å². The maximum Gasteiger partial charge on any atom is 0.243 e. The molecule has 1 fully saturated rings. The molecule has 1 aromatic heterocycles. The van der Waals surface area contributed by atoms with Crippen LogP contribution < -0.4 is 5.32 Å². The summed E-state index contributed by atoms with van der Waals surface area (Å²) in [5, 5.41) is 6.18. The maximum atomic E-state index is 12.8. The zero-order valence-electron chi connectivity index (χ0n) is 18.6. The molecule has 3 rings (SSSR count). The van der Waals surface area contributed by atoms with E-state index in [1.54, 1.807) is 23.3 Å². The third-order valence-corrected chi connectivity index (χ3v) is 6.51. The van der Waals surface area contributed by atoms with Gasteiger partial charge >= 0.3 is 0 Å². The third-order valence-electron chi connectivity index (χ3n) is 5.69. The van der Waals surface area contributed by atoms with Crippen LogP contribution in [0.5, 0.6) is 0 Å². The van der Waals surface area contributed by atoms with Crippen LogP contribution in [0.1, 0.15) is 40.2 Å². The SMILES string of the molecule is Cc1cc(C)c(NC(=O)CN(C)C(=O)C2CCN(Cc3csc(C)n3)CC2)c(C)c1. The summed E-state index contributed by atoms with van der Waals surface area (Å²) in [5.74, 6) is -0.108. The van der Waals surface area contributed by atoms with Crippen molar-refractivity contribution in [3.8, 4) is 0 Å². The lowest BCUT2D eigenvalue weighted by atomic mass is 9.95. The van der Waals surface area contributed by atoms with Crippen LogP contribution in [0.4, 0.5) is 5.69 Å². The smallest absolute Gasteiger partial charge is 0.243 e. The first-order valence-electron chi connectivity index (χ1n) is 10.5. The molecule has 0 saturated carbocycles. The van der Waals surface area contributed by atoms with E-state index in [-0.39, 0.29) is 24.3 Å². The number of likely N-dealkylation sites (N-methyl/N-ethyl adjacent to an activating group) is 1. The molecule has 162 valence electrons. The molecule has 2 amide bonds. The van der Waals surface area contributed by atoms with Crippen LogP contribution in [0.25, 0.3) is 0 Å². The Labute approximate surface area is 183 Å². The fourth-order valence-electron chi connectivity index (χ4n) is 4.21. The molecule has 1 aromatic carbocycles. The number of hydrogen-bond donors (Lipinski definition) is 1. The number of nitrogens with one attached hydrogen (secondary N) is 1. The molecule has 6 nitrogen and oxygen atoms in total. The van der Waals surface area contributed by atoms with Crippen LogP contribution in [-0.2, 0) is 16.1 Å². The van der Waals surface area contributed by atoms with Gasteiger partial charge in [0.15, 0.2) is 0 Å². The molecule has 2 aromatic rings. The van der Waals surface area contributed by atoms with Gasteiger partial charge in [-0.25, -0.2) is 4.98 Å². The lowest BCUT2D eigenvalue weighted by molar-refractivity contribution is -0.138. The molecule has 1 saturated heterocycles. The predicted molar refractivity (Wildman–Crippen MR) is 122 cm³/mol. The van der Waals surface area contributed by atoms with E-state index in [9.17, 15) is 9.59 Å². The van der Waals surface area contributed by atoms with Gasteiger partial charge < -0.3 is 10.2 Å². The molecule has 1 aliphatic rings. The lowest BCUT2D eigenvalue weighted by Crippen LogP contribution is -2.43. The number of likely N-dealkylation sites (tertiary alicyclic amines) is 1. The second-order valence-corrected chi connectivity index (χ2v) is 9.49. The number of benzene rings is 1. The van der Waals surface area contributed by atoms with Crippen molar-refractivity contribution in [1.29, 1.82) is 0 Å². The zero-order chi connectivity index (χ0) is 21.8. The number of thiazole rings is 1. The number of amides is 2. The van der Waals surface area contributed by atoms with Gasteiger partial charge in [-0.05, 0) is 64.8 Å². The van der Waals surface area contributed by atoms with Crippen molar-refractivity contribution in [2.24, 2.45) is 5.92 Å². The van der Waals surface area contributed by atoms with E-state index in [1.165, 1.54) is 5.56 Å². The molecule has 0 unspecified atom stereocenters. The van der Waals surface area contributed by atoms with E-state index in [1.807, 2.05) is 27.7 Å². The number of carbonyl (C=O) groups excluding carboxylic acids is 2. The molecule has 1 N–H and O–H groups in total. The van der Waals surface area contributed by atoms with Crippen LogP contribution in [0.15, 0.2) is 17.5 Å². The molecule has 0 aliphatic carbocycles. The summed E-state index contributed by atoms with van der Waals surface area (Å²) in [6.07, 6.45) is 1.65. The van der Waals surface area contributed by atoms with Crippen LogP contribution in [-0.4, -0.2) is 53.3 Å². The molecule has 1 aliphatic heterocycles. The quantitative estimate of drug-likeness (QED) is 0.762. The average molecular weight is 429 g/mol. The van der Waals surface area contributed by atoms with Gasteiger partial charge in [-0.3, -0.25) is 14.5 Å². The summed E-state index contributed by atoms with van der Waals surface area (Å²) in [7, 11) is 1.72. The molecule has 2 heterocycles. The fraction of sp³-hybridized carbons (Fsp3) is 0.522. The minimum absolute atomic E-state index is 0.0148. The Morgan fingerprint density at radius 2 is 1.80 bits per heavy atom. The van der Waals surface area contributed by atoms with Gasteiger partial charge in [0, 0.05) is 30.6 Å². The van der Waals surface area contributed by atoms with E-state index < -0.39 is 0 Å². The minimum atomic E-state index is -0.155. The normalized spacial score (nSPS) is 15.2. The van der Waals surface area contributed by atoms with Crippen molar-refractivity contribution in [3.63, 3.8) is 0 Å². The highest BCUT2D eigenvalue weighted by Crippen LogP contribution is 2.23. The van der Waals surface area contributed by atoms with Gasteiger partial charge in [0.05, 0.1) is 17.2 Å². The molecule has 0 atom stereocenters. The summed E-state index contributed by atoms with van der Waals surface area (Å²) in [4.78, 5) is 33.8. The Bertz CT molecular complexity index is 893. The Balaban J connectivity index is 1.48. The number of anilines is 1. The summed E-state index contributed by atoms with van der Waals surface area (Å²) in [5.41, 5.74) is 5.20. The van der Waals surface area contributed by atoms with Crippen molar-refractivity contribution in [3.05, 3.63) is 44.9 Å². The van der Waals surface area contributed by atoms with Crippen LogP contribution >= 0.6 is 11.3 Å². The van der Waals surface area contributed by atoms with Crippen LogP contribution in [0.2, 0.25) is 0 Å². The van der Waals surface area contributed by atoms with Crippen molar-refractivity contribution in [1.82, 2.24) is 14.8 Å². The molecule has 0 radical (unpaired) electrons. The van der Waals surface area contributed by atoms with Gasteiger partial charge in [-0.2, -0.15) is 0 Å². The maximum absolute atomic E-state index is 12.8. The number of piperidine rings is 1. The number of rotatable bonds is 6. The summed E-state index contributed by atoms with van der Waals surface area (Å²) < 4.78 is 0. The summed E-state index contributed by atoms with van der Waals surface area (Å²) in [6.45, 7) is 10.7. The topological polar surface area (TPSA) is 65.5 Å². The van der Waals surface area contributed by atoms with Crippen molar-refractivity contribution >= 4 is 28.8 Å². The van der Waals surface area contributed by atoms with Crippen molar-refractivity contribution in [2.45, 2.75) is 47.1 Å². The number of nitrogens with zero attached hydrogens (tertiary/aromatic N) is 3. The van der Waals surface area contributed by atoms with Crippen LogP contribution in [0.3, 0.4) is 0 Å². The first-order valence-corrected chi connectivity index (χ1v) is 11.4. The van der Waals surface area contributed by atoms with Gasteiger partial charge in [-0.15, -0.1) is 11.3 Å². The van der Waals surface area contributed by atoms with E-state index in [0.717, 1.165) is 60.0 Å². The second-order valence-electron chi connectivity index (χ2n) is 8.42. The van der Waals surface area contributed by atoms with Gasteiger partial charge in [-0.1, -0.05) is 17.7 Å². The Kier molecular flexibility index (Phi) is 7.26. The summed E-state index contributed by atoms with van der Waals surface area (Å²) >= 11 is 1.67. The first-order chi connectivity index (χ1) is 14.2. The highest BCUT2D eigenvalue weighted by Gasteiger charge is 2.28. The van der Waals surface area contributed by atoms with Gasteiger partial charge in [0.25, 0.3) is 0 Å². The number of aromatic nitrogens is 1. The Hall–Kier alpha value is -2.25. The predicted octanol–water partition coefficient (Wildman–Crippen LogP) is 3.69. The highest BCUT2D eigenvalue weighted by molar-refractivity contribution is 7.09. The van der Waals surface area contributed by atoms with E-state index >= 15 is 0 Å². The standard InChI is InChI=1S/C23H32N4O2S/c1-15-10-16(2)22(17(3)11-15)25-21(28)13-26(5)23(29)19-6-8-27(9-7-19)12-20-14-30-18(4)24-20/h10-11,14,19H,6-9,12-13H2,1-5H3,(H,25,28). The largest absolute Gasteiger partial charge is 0.336 e. The van der Waals surface area contributed by atoms with Crippen molar-refractivity contribution < 1.29 is 9.59 Å². The fourth-order valence-corrected chi connectivity index (χ4v) is 4.81. The van der Waals surface area contributed by atoms with E-state index in [2.05, 4.69) is 32.7 Å². The van der Waals surface area contributed by atoms with Gasteiger partial charge in [0.1, 0.15) is 0 Å². The second kappa shape index (κ2) is 9.71. The Morgan fingerprint density at radius 3 is 2.37 bits per heavy atom. The first kappa shape index (κ1) is 22.4. The number of hydrogen-bond acceptors (Lipinski definition) is 5. The average Bonchev–Trinajstić information content (AvgIpc) is 3.09. The molecular weight excluding hydrogens is 396 g/mol. The molecule has 0 spiro atoms.